The molecule has 22 heavy (non-hydrogen) atoms. The number of amides is 1. The fraction of sp³-hybridized carbons (Fsp3) is 0.533. The molecule has 122 valence electrons. The minimum atomic E-state index is -3.46. The highest BCUT2D eigenvalue weighted by Crippen LogP contribution is 2.23. The van der Waals surface area contributed by atoms with Gasteiger partial charge >= 0.3 is 0 Å². The fourth-order valence-electron chi connectivity index (χ4n) is 2.64. The number of carbonyl (C=O) groups excluding carboxylic acids is 1. The lowest BCUT2D eigenvalue weighted by Crippen LogP contribution is -2.49. The number of piperidine rings is 1. The Kier molecular flexibility index (Phi) is 5.20. The van der Waals surface area contributed by atoms with E-state index in [9.17, 15) is 13.2 Å². The van der Waals surface area contributed by atoms with Crippen LogP contribution in [0.5, 0.6) is 0 Å². The van der Waals surface area contributed by atoms with Gasteiger partial charge in [0.05, 0.1) is 5.92 Å². The molecule has 1 heterocycles. The Hall–Kier alpha value is -1.44. The van der Waals surface area contributed by atoms with Gasteiger partial charge in [0.2, 0.25) is 5.91 Å². The number of para-hydroxylation sites is 1. The Labute approximate surface area is 132 Å². The average Bonchev–Trinajstić information content (AvgIpc) is 2.54. The first-order valence-corrected chi connectivity index (χ1v) is 8.74. The first-order chi connectivity index (χ1) is 10.3. The first kappa shape index (κ1) is 16.9. The van der Waals surface area contributed by atoms with Gasteiger partial charge in [-0.3, -0.25) is 4.79 Å². The summed E-state index contributed by atoms with van der Waals surface area (Å²) in [4.78, 5) is 14.2. The van der Waals surface area contributed by atoms with Gasteiger partial charge in [0.1, 0.15) is 0 Å². The summed E-state index contributed by atoms with van der Waals surface area (Å²) in [6, 6.07) is 9.39. The van der Waals surface area contributed by atoms with Crippen LogP contribution in [-0.2, 0) is 15.0 Å². The predicted octanol–water partition coefficient (Wildman–Crippen LogP) is 1.17. The summed E-state index contributed by atoms with van der Waals surface area (Å²) in [5, 5.41) is 0. The quantitative estimate of drug-likeness (QED) is 0.835. The first-order valence-electron chi connectivity index (χ1n) is 7.34. The standard InChI is InChI=1S/C15H23N3O3S/c1-16(2)22(20,21)18-11-7-8-13(12-18)15(19)17(3)14-9-5-4-6-10-14/h4-6,9-10,13H,7-8,11-12H2,1-3H3/t13-/m0/s1. The van der Waals surface area contributed by atoms with Crippen molar-refractivity contribution >= 4 is 21.8 Å². The SMILES string of the molecule is CN(C(=O)[C@H]1CCCN(S(=O)(=O)N(C)C)C1)c1ccccc1. The second-order valence-electron chi connectivity index (χ2n) is 5.72. The summed E-state index contributed by atoms with van der Waals surface area (Å²) < 4.78 is 27.0. The third-order valence-electron chi connectivity index (χ3n) is 4.00. The Morgan fingerprint density at radius 3 is 2.41 bits per heavy atom. The zero-order valence-corrected chi connectivity index (χ0v) is 14.1. The Morgan fingerprint density at radius 2 is 1.82 bits per heavy atom. The van der Waals surface area contributed by atoms with Gasteiger partial charge in [0, 0.05) is 39.9 Å². The summed E-state index contributed by atoms with van der Waals surface area (Å²) in [5.74, 6) is -0.335. The molecule has 1 aromatic carbocycles. The second kappa shape index (κ2) is 6.76. The van der Waals surface area contributed by atoms with E-state index < -0.39 is 10.2 Å². The van der Waals surface area contributed by atoms with Gasteiger partial charge in [-0.05, 0) is 25.0 Å². The van der Waals surface area contributed by atoms with Crippen LogP contribution in [0.2, 0.25) is 0 Å². The molecule has 0 N–H and O–H groups in total. The van der Waals surface area contributed by atoms with Crippen LogP contribution in [-0.4, -0.2) is 57.2 Å². The molecule has 2 rings (SSSR count). The molecule has 7 heteroatoms. The lowest BCUT2D eigenvalue weighted by atomic mass is 9.98. The number of hydrogen-bond acceptors (Lipinski definition) is 3. The van der Waals surface area contributed by atoms with Gasteiger partial charge in [0.25, 0.3) is 10.2 Å². The maximum atomic E-state index is 12.6. The van der Waals surface area contributed by atoms with Crippen molar-refractivity contribution in [2.75, 3.05) is 39.1 Å². The number of nitrogens with zero attached hydrogens (tertiary/aromatic N) is 3. The minimum Gasteiger partial charge on any atom is -0.315 e. The Balaban J connectivity index is 2.11. The third kappa shape index (κ3) is 3.48. The molecule has 0 radical (unpaired) electrons. The van der Waals surface area contributed by atoms with Crippen LogP contribution >= 0.6 is 0 Å². The van der Waals surface area contributed by atoms with Gasteiger partial charge in [-0.15, -0.1) is 0 Å². The topological polar surface area (TPSA) is 60.9 Å². The van der Waals surface area contributed by atoms with E-state index in [2.05, 4.69) is 0 Å². The molecule has 0 spiro atoms. The molecule has 1 aliphatic heterocycles. The van der Waals surface area contributed by atoms with Crippen LogP contribution in [0.25, 0.3) is 0 Å². The molecular weight excluding hydrogens is 302 g/mol. The molecule has 0 unspecified atom stereocenters. The Morgan fingerprint density at radius 1 is 1.18 bits per heavy atom. The van der Waals surface area contributed by atoms with Gasteiger partial charge in [-0.1, -0.05) is 18.2 Å². The maximum Gasteiger partial charge on any atom is 0.281 e. The highest BCUT2D eigenvalue weighted by molar-refractivity contribution is 7.86. The molecule has 1 saturated heterocycles. The normalized spacial score (nSPS) is 20.1. The van der Waals surface area contributed by atoms with Crippen molar-refractivity contribution in [2.45, 2.75) is 12.8 Å². The summed E-state index contributed by atoms with van der Waals surface area (Å²) in [6.45, 7) is 0.718. The van der Waals surface area contributed by atoms with Crippen molar-refractivity contribution in [3.05, 3.63) is 30.3 Å². The smallest absolute Gasteiger partial charge is 0.281 e. The van der Waals surface area contributed by atoms with E-state index in [0.29, 0.717) is 13.0 Å². The van der Waals surface area contributed by atoms with Crippen LogP contribution < -0.4 is 4.90 Å². The van der Waals surface area contributed by atoms with E-state index in [1.807, 2.05) is 30.3 Å². The molecule has 0 aromatic heterocycles. The van der Waals surface area contributed by atoms with Gasteiger partial charge < -0.3 is 4.90 Å². The number of rotatable bonds is 4. The van der Waals surface area contributed by atoms with Crippen LogP contribution in [0.3, 0.4) is 0 Å². The van der Waals surface area contributed by atoms with Crippen molar-refractivity contribution < 1.29 is 13.2 Å². The number of hydrogen-bond donors (Lipinski definition) is 0. The van der Waals surface area contributed by atoms with Crippen molar-refractivity contribution in [3.63, 3.8) is 0 Å². The largest absolute Gasteiger partial charge is 0.315 e. The predicted molar refractivity (Wildman–Crippen MR) is 86.8 cm³/mol. The van der Waals surface area contributed by atoms with Crippen molar-refractivity contribution in [2.24, 2.45) is 5.92 Å². The van der Waals surface area contributed by atoms with E-state index in [-0.39, 0.29) is 18.4 Å². The van der Waals surface area contributed by atoms with Crippen molar-refractivity contribution in [3.8, 4) is 0 Å². The van der Waals surface area contributed by atoms with Gasteiger partial charge in [-0.2, -0.15) is 17.0 Å². The van der Waals surface area contributed by atoms with E-state index >= 15 is 0 Å². The van der Waals surface area contributed by atoms with Gasteiger partial charge in [-0.25, -0.2) is 0 Å². The van der Waals surface area contributed by atoms with Crippen molar-refractivity contribution in [1.82, 2.24) is 8.61 Å². The lowest BCUT2D eigenvalue weighted by Gasteiger charge is -2.34. The van der Waals surface area contributed by atoms with Gasteiger partial charge in [0.15, 0.2) is 0 Å². The monoisotopic (exact) mass is 325 g/mol. The average molecular weight is 325 g/mol. The zero-order chi connectivity index (χ0) is 16.3. The molecule has 1 fully saturated rings. The van der Waals surface area contributed by atoms with Crippen molar-refractivity contribution in [1.29, 1.82) is 0 Å². The molecule has 1 aromatic rings. The molecule has 0 aliphatic carbocycles. The molecule has 6 nitrogen and oxygen atoms in total. The van der Waals surface area contributed by atoms with E-state index in [1.165, 1.54) is 22.7 Å². The minimum absolute atomic E-state index is 0.0372. The summed E-state index contributed by atoms with van der Waals surface area (Å²) in [5.41, 5.74) is 0.820. The molecule has 1 atom stereocenters. The highest BCUT2D eigenvalue weighted by atomic mass is 32.2. The van der Waals surface area contributed by atoms with E-state index in [4.69, 9.17) is 0 Å². The lowest BCUT2D eigenvalue weighted by molar-refractivity contribution is -0.123. The summed E-state index contributed by atoms with van der Waals surface area (Å²) in [6.07, 6.45) is 1.42. The highest BCUT2D eigenvalue weighted by Gasteiger charge is 2.34. The maximum absolute atomic E-state index is 12.6. The van der Waals surface area contributed by atoms with E-state index in [1.54, 1.807) is 11.9 Å². The number of anilines is 1. The molecule has 1 aliphatic rings. The molecule has 1 amide bonds. The summed E-state index contributed by atoms with van der Waals surface area (Å²) in [7, 11) is 1.29. The fourth-order valence-corrected chi connectivity index (χ4v) is 3.83. The zero-order valence-electron chi connectivity index (χ0n) is 13.3. The summed E-state index contributed by atoms with van der Waals surface area (Å²) >= 11 is 0. The second-order valence-corrected chi connectivity index (χ2v) is 7.86. The van der Waals surface area contributed by atoms with Crippen LogP contribution in [0.4, 0.5) is 5.69 Å². The third-order valence-corrected chi connectivity index (χ3v) is 5.90. The molecular formula is C15H23N3O3S. The van der Waals surface area contributed by atoms with Crippen LogP contribution in [0.1, 0.15) is 12.8 Å². The van der Waals surface area contributed by atoms with E-state index in [0.717, 1.165) is 12.1 Å². The number of carbonyl (C=O) groups is 1. The van der Waals surface area contributed by atoms with Crippen LogP contribution in [0.15, 0.2) is 30.3 Å². The molecule has 0 bridgehead atoms. The van der Waals surface area contributed by atoms with Crippen LogP contribution in [0, 0.1) is 5.92 Å². The Bertz CT molecular complexity index is 616. The number of benzene rings is 1. The molecule has 0 saturated carbocycles.